The number of amides is 1. The molecule has 0 saturated carbocycles. The quantitative estimate of drug-likeness (QED) is 0.856. The molecule has 2 unspecified atom stereocenters. The van der Waals surface area contributed by atoms with Crippen LogP contribution in [0.3, 0.4) is 0 Å². The van der Waals surface area contributed by atoms with Crippen molar-refractivity contribution in [2.24, 2.45) is 5.92 Å². The molecular formula is C17H26N2O3S. The Morgan fingerprint density at radius 1 is 1.35 bits per heavy atom. The van der Waals surface area contributed by atoms with Crippen molar-refractivity contribution in [3.05, 3.63) is 35.9 Å². The van der Waals surface area contributed by atoms with Crippen LogP contribution in [0, 0.1) is 5.92 Å². The number of carbonyl (C=O) groups is 1. The van der Waals surface area contributed by atoms with E-state index in [2.05, 4.69) is 12.2 Å². The van der Waals surface area contributed by atoms with Crippen LogP contribution in [0.5, 0.6) is 0 Å². The second-order valence-corrected chi connectivity index (χ2v) is 8.71. The molecule has 0 spiro atoms. The molecule has 0 radical (unpaired) electrons. The van der Waals surface area contributed by atoms with Gasteiger partial charge in [0, 0.05) is 25.4 Å². The molecule has 5 nitrogen and oxygen atoms in total. The lowest BCUT2D eigenvalue weighted by Gasteiger charge is -2.31. The van der Waals surface area contributed by atoms with Gasteiger partial charge < -0.3 is 10.2 Å². The van der Waals surface area contributed by atoms with E-state index < -0.39 is 9.84 Å². The van der Waals surface area contributed by atoms with Gasteiger partial charge in [0.15, 0.2) is 0 Å². The third kappa shape index (κ3) is 5.95. The maximum absolute atomic E-state index is 12.4. The van der Waals surface area contributed by atoms with Gasteiger partial charge in [-0.05, 0) is 24.3 Å². The molecule has 0 aromatic heterocycles. The molecule has 1 N–H and O–H groups in total. The molecule has 1 heterocycles. The van der Waals surface area contributed by atoms with E-state index in [-0.39, 0.29) is 24.2 Å². The summed E-state index contributed by atoms with van der Waals surface area (Å²) in [7, 11) is -3.14. The van der Waals surface area contributed by atoms with E-state index >= 15 is 0 Å². The fourth-order valence-electron chi connectivity index (χ4n) is 3.00. The van der Waals surface area contributed by atoms with Crippen molar-refractivity contribution in [2.75, 3.05) is 31.6 Å². The van der Waals surface area contributed by atoms with Crippen molar-refractivity contribution in [1.29, 1.82) is 0 Å². The summed E-state index contributed by atoms with van der Waals surface area (Å²) in [5.41, 5.74) is 0.887. The minimum atomic E-state index is -3.14. The molecule has 2 atom stereocenters. The lowest BCUT2D eigenvalue weighted by atomic mass is 10.0. The number of carbonyl (C=O) groups excluding carboxylic acids is 1. The molecule has 1 aromatic carbocycles. The van der Waals surface area contributed by atoms with E-state index in [1.54, 1.807) is 0 Å². The van der Waals surface area contributed by atoms with Crippen LogP contribution in [0.2, 0.25) is 0 Å². The van der Waals surface area contributed by atoms with Gasteiger partial charge in [-0.1, -0.05) is 37.3 Å². The molecule has 23 heavy (non-hydrogen) atoms. The molecule has 0 aliphatic carbocycles. The topological polar surface area (TPSA) is 66.5 Å². The van der Waals surface area contributed by atoms with Gasteiger partial charge in [0.1, 0.15) is 9.84 Å². The SMILES string of the molecule is CC1CCCN(C(=O)CNC(CS(C)(=O)=O)c2ccccc2)C1. The van der Waals surface area contributed by atoms with Crippen molar-refractivity contribution in [2.45, 2.75) is 25.8 Å². The number of sulfone groups is 1. The average Bonchev–Trinajstić information content (AvgIpc) is 2.51. The van der Waals surface area contributed by atoms with Gasteiger partial charge in [0.05, 0.1) is 12.3 Å². The van der Waals surface area contributed by atoms with Crippen LogP contribution in [-0.2, 0) is 14.6 Å². The summed E-state index contributed by atoms with van der Waals surface area (Å²) in [5, 5.41) is 3.13. The summed E-state index contributed by atoms with van der Waals surface area (Å²) in [6.45, 7) is 3.92. The van der Waals surface area contributed by atoms with Crippen LogP contribution in [0.25, 0.3) is 0 Å². The Labute approximate surface area is 139 Å². The highest BCUT2D eigenvalue weighted by Gasteiger charge is 2.23. The van der Waals surface area contributed by atoms with Crippen molar-refractivity contribution < 1.29 is 13.2 Å². The molecule has 1 aliphatic rings. The number of benzene rings is 1. The first-order valence-electron chi connectivity index (χ1n) is 8.09. The number of nitrogens with one attached hydrogen (secondary N) is 1. The van der Waals surface area contributed by atoms with Gasteiger partial charge in [-0.2, -0.15) is 0 Å². The van der Waals surface area contributed by atoms with Crippen molar-refractivity contribution >= 4 is 15.7 Å². The van der Waals surface area contributed by atoms with Crippen LogP contribution in [-0.4, -0.2) is 50.9 Å². The molecule has 1 saturated heterocycles. The fraction of sp³-hybridized carbons (Fsp3) is 0.588. The third-order valence-corrected chi connectivity index (χ3v) is 5.12. The first-order chi connectivity index (χ1) is 10.8. The van der Waals surface area contributed by atoms with Gasteiger partial charge in [0.25, 0.3) is 0 Å². The van der Waals surface area contributed by atoms with Gasteiger partial charge in [-0.3, -0.25) is 4.79 Å². The minimum Gasteiger partial charge on any atom is -0.341 e. The number of hydrogen-bond acceptors (Lipinski definition) is 4. The Morgan fingerprint density at radius 2 is 2.04 bits per heavy atom. The Balaban J connectivity index is 1.99. The lowest BCUT2D eigenvalue weighted by molar-refractivity contribution is -0.132. The number of rotatable bonds is 6. The smallest absolute Gasteiger partial charge is 0.236 e. The fourth-order valence-corrected chi connectivity index (χ4v) is 3.92. The van der Waals surface area contributed by atoms with Crippen molar-refractivity contribution in [3.8, 4) is 0 Å². The number of likely N-dealkylation sites (tertiary alicyclic amines) is 1. The van der Waals surface area contributed by atoms with E-state index in [0.717, 1.165) is 31.5 Å². The zero-order valence-electron chi connectivity index (χ0n) is 13.9. The van der Waals surface area contributed by atoms with Crippen molar-refractivity contribution in [1.82, 2.24) is 10.2 Å². The van der Waals surface area contributed by atoms with E-state index in [0.29, 0.717) is 5.92 Å². The Kier molecular flexibility index (Phi) is 6.18. The Hall–Kier alpha value is -1.40. The van der Waals surface area contributed by atoms with Crippen molar-refractivity contribution in [3.63, 3.8) is 0 Å². The molecule has 1 aromatic rings. The minimum absolute atomic E-state index is 0.0132. The maximum atomic E-state index is 12.4. The summed E-state index contributed by atoms with van der Waals surface area (Å²) >= 11 is 0. The zero-order valence-corrected chi connectivity index (χ0v) is 14.7. The van der Waals surface area contributed by atoms with Crippen LogP contribution < -0.4 is 5.32 Å². The maximum Gasteiger partial charge on any atom is 0.236 e. The standard InChI is InChI=1S/C17H26N2O3S/c1-14-7-6-10-19(12-14)17(20)11-18-16(13-23(2,21)22)15-8-4-3-5-9-15/h3-5,8-9,14,16,18H,6-7,10-13H2,1-2H3. The third-order valence-electron chi connectivity index (χ3n) is 4.18. The Bertz CT molecular complexity index is 616. The molecule has 0 bridgehead atoms. The van der Waals surface area contributed by atoms with Gasteiger partial charge in [-0.25, -0.2) is 8.42 Å². The highest BCUT2D eigenvalue weighted by atomic mass is 32.2. The monoisotopic (exact) mass is 338 g/mol. The summed E-state index contributed by atoms with van der Waals surface area (Å²) in [6, 6.07) is 9.05. The molecule has 6 heteroatoms. The first-order valence-corrected chi connectivity index (χ1v) is 10.1. The van der Waals surface area contributed by atoms with Crippen LogP contribution in [0.4, 0.5) is 0 Å². The van der Waals surface area contributed by atoms with E-state index in [1.807, 2.05) is 35.2 Å². The first kappa shape index (κ1) is 17.9. The zero-order chi connectivity index (χ0) is 16.9. The van der Waals surface area contributed by atoms with Crippen LogP contribution in [0.1, 0.15) is 31.4 Å². The normalized spacial score (nSPS) is 20.3. The highest BCUT2D eigenvalue weighted by Crippen LogP contribution is 2.17. The summed E-state index contributed by atoms with van der Waals surface area (Å²) in [6.07, 6.45) is 3.43. The molecule has 1 amide bonds. The average molecular weight is 338 g/mol. The molecule has 2 rings (SSSR count). The molecule has 128 valence electrons. The molecule has 1 aliphatic heterocycles. The number of hydrogen-bond donors (Lipinski definition) is 1. The van der Waals surface area contributed by atoms with Crippen LogP contribution in [0.15, 0.2) is 30.3 Å². The van der Waals surface area contributed by atoms with Gasteiger partial charge in [-0.15, -0.1) is 0 Å². The largest absolute Gasteiger partial charge is 0.341 e. The Morgan fingerprint density at radius 3 is 2.65 bits per heavy atom. The number of piperidine rings is 1. The van der Waals surface area contributed by atoms with Crippen LogP contribution >= 0.6 is 0 Å². The lowest BCUT2D eigenvalue weighted by Crippen LogP contribution is -2.44. The van der Waals surface area contributed by atoms with Gasteiger partial charge >= 0.3 is 0 Å². The molecular weight excluding hydrogens is 312 g/mol. The van der Waals surface area contributed by atoms with E-state index in [1.165, 1.54) is 6.26 Å². The van der Waals surface area contributed by atoms with E-state index in [4.69, 9.17) is 0 Å². The summed E-state index contributed by atoms with van der Waals surface area (Å²) in [5.74, 6) is 0.570. The molecule has 1 fully saturated rings. The van der Waals surface area contributed by atoms with Gasteiger partial charge in [0.2, 0.25) is 5.91 Å². The predicted octanol–water partition coefficient (Wildman–Crippen LogP) is 1.62. The highest BCUT2D eigenvalue weighted by molar-refractivity contribution is 7.90. The second-order valence-electron chi connectivity index (χ2n) is 6.52. The number of nitrogens with zero attached hydrogens (tertiary/aromatic N) is 1. The summed E-state index contributed by atoms with van der Waals surface area (Å²) in [4.78, 5) is 14.2. The second kappa shape index (κ2) is 7.93. The van der Waals surface area contributed by atoms with E-state index in [9.17, 15) is 13.2 Å². The summed E-state index contributed by atoms with van der Waals surface area (Å²) < 4.78 is 23.3. The predicted molar refractivity (Wildman–Crippen MR) is 91.9 cm³/mol.